The van der Waals surface area contributed by atoms with Gasteiger partial charge >= 0.3 is 5.97 Å². The molecule has 1 aliphatic heterocycles. The first kappa shape index (κ1) is 15.2. The molecule has 8 heteroatoms. The van der Waals surface area contributed by atoms with Crippen LogP contribution in [0.4, 0.5) is 5.13 Å². The van der Waals surface area contributed by atoms with Crippen LogP contribution in [0.25, 0.3) is 0 Å². The van der Waals surface area contributed by atoms with Crippen molar-refractivity contribution in [3.05, 3.63) is 11.1 Å². The summed E-state index contributed by atoms with van der Waals surface area (Å²) in [5.41, 5.74) is 0.275. The van der Waals surface area contributed by atoms with Crippen molar-refractivity contribution in [1.29, 1.82) is 0 Å². The van der Waals surface area contributed by atoms with Gasteiger partial charge in [-0.15, -0.1) is 11.3 Å². The van der Waals surface area contributed by atoms with Crippen LogP contribution < -0.4 is 4.90 Å². The first-order chi connectivity index (χ1) is 9.63. The quantitative estimate of drug-likeness (QED) is 0.736. The summed E-state index contributed by atoms with van der Waals surface area (Å²) in [6.45, 7) is 4.55. The molecule has 0 bridgehead atoms. The van der Waals surface area contributed by atoms with E-state index in [4.69, 9.17) is 4.74 Å². The van der Waals surface area contributed by atoms with Crippen LogP contribution in [0, 0.1) is 0 Å². The number of rotatable bonds is 5. The van der Waals surface area contributed by atoms with Gasteiger partial charge in [0.05, 0.1) is 25.5 Å². The fourth-order valence-electron chi connectivity index (χ4n) is 1.83. The topological polar surface area (TPSA) is 92.1 Å². The second-order valence-electron chi connectivity index (χ2n) is 4.30. The van der Waals surface area contributed by atoms with Crippen LogP contribution in [0.15, 0.2) is 5.38 Å². The van der Waals surface area contributed by atoms with Crippen molar-refractivity contribution in [2.24, 2.45) is 0 Å². The summed E-state index contributed by atoms with van der Waals surface area (Å²) in [6.07, 6.45) is -2.99. The lowest BCUT2D eigenvalue weighted by Gasteiger charge is -2.26. The summed E-state index contributed by atoms with van der Waals surface area (Å²) in [6, 6.07) is 0. The molecule has 2 atom stereocenters. The van der Waals surface area contributed by atoms with Gasteiger partial charge in [-0.2, -0.15) is 0 Å². The zero-order chi connectivity index (χ0) is 14.5. The summed E-state index contributed by atoms with van der Waals surface area (Å²) in [5.74, 6) is -0.846. The van der Waals surface area contributed by atoms with Crippen molar-refractivity contribution in [2.45, 2.75) is 19.1 Å². The lowest BCUT2D eigenvalue weighted by atomic mass is 10.1. The standard InChI is InChI=1S/C12H18N2O5S/c1-2-19-11(17)10(16)9(15)8-7-20-12(13-8)14-3-5-18-6-4-14/h7,9-10,15-16H,2-6H2,1H3. The largest absolute Gasteiger partial charge is 0.464 e. The Balaban J connectivity index is 2.01. The summed E-state index contributed by atoms with van der Waals surface area (Å²) in [4.78, 5) is 17.7. The predicted octanol–water partition coefficient (Wildman–Crippen LogP) is -0.0629. The summed E-state index contributed by atoms with van der Waals surface area (Å²) >= 11 is 1.36. The van der Waals surface area contributed by atoms with Gasteiger partial charge < -0.3 is 24.6 Å². The SMILES string of the molecule is CCOC(=O)C(O)C(O)c1csc(N2CCOCC2)n1. The Kier molecular flexibility index (Phi) is 5.30. The third-order valence-corrected chi connectivity index (χ3v) is 3.84. The minimum absolute atomic E-state index is 0.151. The van der Waals surface area contributed by atoms with Crippen LogP contribution in [0.5, 0.6) is 0 Å². The molecule has 2 heterocycles. The van der Waals surface area contributed by atoms with E-state index in [0.29, 0.717) is 13.2 Å². The van der Waals surface area contributed by atoms with Crippen molar-refractivity contribution in [2.75, 3.05) is 37.8 Å². The normalized spacial score (nSPS) is 18.6. The van der Waals surface area contributed by atoms with Crippen LogP contribution in [0.2, 0.25) is 0 Å². The van der Waals surface area contributed by atoms with E-state index in [-0.39, 0.29) is 12.3 Å². The molecular weight excluding hydrogens is 284 g/mol. The van der Waals surface area contributed by atoms with Crippen LogP contribution in [0.3, 0.4) is 0 Å². The Hall–Kier alpha value is -1.22. The number of thiazole rings is 1. The van der Waals surface area contributed by atoms with Gasteiger partial charge in [-0.25, -0.2) is 9.78 Å². The van der Waals surface area contributed by atoms with Gasteiger partial charge in [0.1, 0.15) is 6.10 Å². The summed E-state index contributed by atoms with van der Waals surface area (Å²) in [7, 11) is 0. The lowest BCUT2D eigenvalue weighted by Crippen LogP contribution is -2.36. The Morgan fingerprint density at radius 2 is 2.25 bits per heavy atom. The fourth-order valence-corrected chi connectivity index (χ4v) is 2.74. The molecule has 20 heavy (non-hydrogen) atoms. The van der Waals surface area contributed by atoms with E-state index >= 15 is 0 Å². The number of esters is 1. The number of aliphatic hydroxyl groups is 2. The number of anilines is 1. The first-order valence-corrected chi connectivity index (χ1v) is 7.32. The zero-order valence-electron chi connectivity index (χ0n) is 11.2. The van der Waals surface area contributed by atoms with E-state index in [1.165, 1.54) is 11.3 Å². The van der Waals surface area contributed by atoms with E-state index in [1.54, 1.807) is 12.3 Å². The Labute approximate surface area is 120 Å². The number of carbonyl (C=O) groups is 1. The molecule has 1 aliphatic rings. The van der Waals surface area contributed by atoms with Crippen molar-refractivity contribution in [1.82, 2.24) is 4.98 Å². The number of hydrogen-bond donors (Lipinski definition) is 2. The number of nitrogens with zero attached hydrogens (tertiary/aromatic N) is 2. The smallest absolute Gasteiger partial charge is 0.338 e. The highest BCUT2D eigenvalue weighted by Gasteiger charge is 2.29. The van der Waals surface area contributed by atoms with Crippen LogP contribution in [0.1, 0.15) is 18.7 Å². The molecule has 2 rings (SSSR count). The maximum absolute atomic E-state index is 11.4. The maximum Gasteiger partial charge on any atom is 0.338 e. The molecule has 1 aromatic rings. The third-order valence-electron chi connectivity index (χ3n) is 2.92. The van der Waals surface area contributed by atoms with E-state index < -0.39 is 18.2 Å². The molecule has 0 spiro atoms. The number of aromatic nitrogens is 1. The molecule has 0 aliphatic carbocycles. The Morgan fingerprint density at radius 1 is 1.55 bits per heavy atom. The molecule has 112 valence electrons. The number of hydrogen-bond acceptors (Lipinski definition) is 8. The molecule has 0 saturated carbocycles. The van der Waals surface area contributed by atoms with Crippen LogP contribution in [-0.4, -0.2) is 60.2 Å². The number of carbonyl (C=O) groups excluding carboxylic acids is 1. The van der Waals surface area contributed by atoms with E-state index in [9.17, 15) is 15.0 Å². The summed E-state index contributed by atoms with van der Waals surface area (Å²) in [5, 5.41) is 22.0. The number of morpholine rings is 1. The van der Waals surface area contributed by atoms with E-state index in [0.717, 1.165) is 18.2 Å². The van der Waals surface area contributed by atoms with Gasteiger partial charge in [0.25, 0.3) is 0 Å². The zero-order valence-corrected chi connectivity index (χ0v) is 12.0. The second-order valence-corrected chi connectivity index (χ2v) is 5.13. The molecule has 2 unspecified atom stereocenters. The molecule has 2 N–H and O–H groups in total. The maximum atomic E-state index is 11.4. The molecule has 1 aromatic heterocycles. The van der Waals surface area contributed by atoms with Gasteiger partial charge in [-0.3, -0.25) is 0 Å². The van der Waals surface area contributed by atoms with Gasteiger partial charge in [0.2, 0.25) is 0 Å². The van der Waals surface area contributed by atoms with Gasteiger partial charge in [0, 0.05) is 18.5 Å². The Bertz CT molecular complexity index is 447. The average Bonchev–Trinajstić information content (AvgIpc) is 2.96. The number of aliphatic hydroxyl groups excluding tert-OH is 2. The minimum atomic E-state index is -1.62. The minimum Gasteiger partial charge on any atom is -0.464 e. The molecule has 1 saturated heterocycles. The average molecular weight is 302 g/mol. The van der Waals surface area contributed by atoms with Crippen LogP contribution in [-0.2, 0) is 14.3 Å². The van der Waals surface area contributed by atoms with Crippen molar-refractivity contribution < 1.29 is 24.5 Å². The third kappa shape index (κ3) is 3.45. The van der Waals surface area contributed by atoms with E-state index in [1.807, 2.05) is 4.90 Å². The second kappa shape index (κ2) is 6.98. The highest BCUT2D eigenvalue weighted by molar-refractivity contribution is 7.13. The predicted molar refractivity (Wildman–Crippen MR) is 72.7 cm³/mol. The molecule has 0 amide bonds. The number of ether oxygens (including phenoxy) is 2. The van der Waals surface area contributed by atoms with Crippen molar-refractivity contribution in [3.63, 3.8) is 0 Å². The van der Waals surface area contributed by atoms with Crippen molar-refractivity contribution in [3.8, 4) is 0 Å². The van der Waals surface area contributed by atoms with Crippen LogP contribution >= 0.6 is 11.3 Å². The highest BCUT2D eigenvalue weighted by Crippen LogP contribution is 2.26. The molecular formula is C12H18N2O5S. The molecule has 0 aromatic carbocycles. The first-order valence-electron chi connectivity index (χ1n) is 6.44. The molecule has 1 fully saturated rings. The monoisotopic (exact) mass is 302 g/mol. The molecule has 0 radical (unpaired) electrons. The summed E-state index contributed by atoms with van der Waals surface area (Å²) < 4.78 is 9.93. The van der Waals surface area contributed by atoms with Gasteiger partial charge in [-0.05, 0) is 6.92 Å². The van der Waals surface area contributed by atoms with Gasteiger partial charge in [-0.1, -0.05) is 0 Å². The van der Waals surface area contributed by atoms with E-state index in [2.05, 4.69) is 9.72 Å². The molecule has 7 nitrogen and oxygen atoms in total. The van der Waals surface area contributed by atoms with Crippen molar-refractivity contribution >= 4 is 22.4 Å². The lowest BCUT2D eigenvalue weighted by molar-refractivity contribution is -0.159. The Morgan fingerprint density at radius 3 is 2.90 bits per heavy atom. The fraction of sp³-hybridized carbons (Fsp3) is 0.667. The highest BCUT2D eigenvalue weighted by atomic mass is 32.1. The van der Waals surface area contributed by atoms with Gasteiger partial charge in [0.15, 0.2) is 11.2 Å².